The highest BCUT2D eigenvalue weighted by molar-refractivity contribution is 5.53. The second-order valence-corrected chi connectivity index (χ2v) is 5.70. The van der Waals surface area contributed by atoms with Gasteiger partial charge in [0.2, 0.25) is 0 Å². The number of likely N-dealkylation sites (tertiary alicyclic amines) is 1. The molecule has 2 unspecified atom stereocenters. The lowest BCUT2D eigenvalue weighted by Gasteiger charge is -2.36. The Balaban J connectivity index is 2.08. The van der Waals surface area contributed by atoms with Crippen LogP contribution in [0.25, 0.3) is 0 Å². The Morgan fingerprint density at radius 3 is 2.89 bits per heavy atom. The van der Waals surface area contributed by atoms with Gasteiger partial charge in [0.05, 0.1) is 11.8 Å². The van der Waals surface area contributed by atoms with Crippen molar-refractivity contribution >= 4 is 5.69 Å². The quantitative estimate of drug-likeness (QED) is 0.907. The summed E-state index contributed by atoms with van der Waals surface area (Å²) in [6, 6.07) is 0. The number of ether oxygens (including phenoxy) is 1. The summed E-state index contributed by atoms with van der Waals surface area (Å²) in [4.78, 5) is 6.96. The molecule has 0 radical (unpaired) electrons. The average Bonchev–Trinajstić information content (AvgIpc) is 2.41. The number of aryl methyl sites for hydroxylation is 1. The van der Waals surface area contributed by atoms with Gasteiger partial charge < -0.3 is 10.5 Å². The molecule has 2 atom stereocenters. The highest BCUT2D eigenvalue weighted by atomic mass is 16.5. The molecule has 1 saturated heterocycles. The third kappa shape index (κ3) is 3.07. The molecular weight excluding hydrogens is 238 g/mol. The summed E-state index contributed by atoms with van der Waals surface area (Å²) in [7, 11) is 1.80. The fourth-order valence-electron chi connectivity index (χ4n) is 2.71. The minimum atomic E-state index is 0.330. The highest BCUT2D eigenvalue weighted by Crippen LogP contribution is 2.23. The van der Waals surface area contributed by atoms with E-state index in [4.69, 9.17) is 10.5 Å². The van der Waals surface area contributed by atoms with E-state index in [-0.39, 0.29) is 0 Å². The monoisotopic (exact) mass is 263 g/mol. The van der Waals surface area contributed by atoms with E-state index in [1.54, 1.807) is 7.11 Å². The van der Waals surface area contributed by atoms with Crippen molar-refractivity contribution < 1.29 is 4.74 Å². The number of hydrogen-bond donors (Lipinski definition) is 1. The predicted octanol–water partition coefficient (Wildman–Crippen LogP) is 2.14. The molecule has 2 rings (SSSR count). The molecular formula is C15H25N3O. The predicted molar refractivity (Wildman–Crippen MR) is 78.0 cm³/mol. The number of piperidine rings is 1. The molecule has 0 bridgehead atoms. The van der Waals surface area contributed by atoms with Crippen molar-refractivity contribution in [1.29, 1.82) is 0 Å². The van der Waals surface area contributed by atoms with Crippen LogP contribution in [0.3, 0.4) is 0 Å². The number of methoxy groups -OCH3 is 1. The lowest BCUT2D eigenvalue weighted by Crippen LogP contribution is -2.43. The van der Waals surface area contributed by atoms with E-state index in [2.05, 4.69) is 23.7 Å². The molecule has 1 fully saturated rings. The standard InChI is InChI=1S/C15H25N3O/c1-10-5-6-18(9-14(10)19-4)8-13-12(3)15(16)11(2)7-17-13/h7,10,14H,5-6,8-9H2,1-4H3,(H2,16,17). The van der Waals surface area contributed by atoms with E-state index in [0.29, 0.717) is 12.0 Å². The largest absolute Gasteiger partial charge is 0.398 e. The van der Waals surface area contributed by atoms with Crippen molar-refractivity contribution in [2.45, 2.75) is 39.8 Å². The molecule has 0 amide bonds. The van der Waals surface area contributed by atoms with Gasteiger partial charge in [0, 0.05) is 32.1 Å². The molecule has 106 valence electrons. The molecule has 2 N–H and O–H groups in total. The zero-order valence-electron chi connectivity index (χ0n) is 12.4. The van der Waals surface area contributed by atoms with Gasteiger partial charge in [0.15, 0.2) is 0 Å². The average molecular weight is 263 g/mol. The zero-order chi connectivity index (χ0) is 14.0. The fourth-order valence-corrected chi connectivity index (χ4v) is 2.71. The first-order valence-electron chi connectivity index (χ1n) is 6.98. The van der Waals surface area contributed by atoms with Gasteiger partial charge in [0.25, 0.3) is 0 Å². The molecule has 2 heterocycles. The summed E-state index contributed by atoms with van der Waals surface area (Å²) in [5.41, 5.74) is 10.2. The van der Waals surface area contributed by atoms with E-state index in [0.717, 1.165) is 42.1 Å². The van der Waals surface area contributed by atoms with Crippen molar-refractivity contribution in [2.75, 3.05) is 25.9 Å². The van der Waals surface area contributed by atoms with Crippen LogP contribution in [0.2, 0.25) is 0 Å². The summed E-state index contributed by atoms with van der Waals surface area (Å²) in [6.07, 6.45) is 3.38. The van der Waals surface area contributed by atoms with Crippen LogP contribution in [0.1, 0.15) is 30.2 Å². The molecule has 0 saturated carbocycles. The Labute approximate surface area is 116 Å². The van der Waals surface area contributed by atoms with E-state index < -0.39 is 0 Å². The third-order valence-corrected chi connectivity index (χ3v) is 4.33. The van der Waals surface area contributed by atoms with Gasteiger partial charge in [0.1, 0.15) is 0 Å². The van der Waals surface area contributed by atoms with Gasteiger partial charge in [-0.1, -0.05) is 6.92 Å². The summed E-state index contributed by atoms with van der Waals surface area (Å²) in [5, 5.41) is 0. The first-order chi connectivity index (χ1) is 9.02. The number of pyridine rings is 1. The summed E-state index contributed by atoms with van der Waals surface area (Å²) in [5.74, 6) is 0.637. The van der Waals surface area contributed by atoms with Gasteiger partial charge >= 0.3 is 0 Å². The minimum Gasteiger partial charge on any atom is -0.398 e. The maximum atomic E-state index is 6.08. The molecule has 1 aliphatic rings. The van der Waals surface area contributed by atoms with Gasteiger partial charge in [-0.05, 0) is 43.9 Å². The van der Waals surface area contributed by atoms with E-state index in [9.17, 15) is 0 Å². The number of rotatable bonds is 3. The molecule has 0 aromatic carbocycles. The van der Waals surface area contributed by atoms with Crippen LogP contribution >= 0.6 is 0 Å². The Morgan fingerprint density at radius 2 is 2.21 bits per heavy atom. The number of nitrogens with zero attached hydrogens (tertiary/aromatic N) is 2. The normalized spacial score (nSPS) is 24.6. The number of anilines is 1. The van der Waals surface area contributed by atoms with Crippen LogP contribution in [0.5, 0.6) is 0 Å². The maximum absolute atomic E-state index is 6.08. The van der Waals surface area contributed by atoms with E-state index >= 15 is 0 Å². The Bertz CT molecular complexity index is 447. The molecule has 19 heavy (non-hydrogen) atoms. The van der Waals surface area contributed by atoms with E-state index in [1.807, 2.05) is 13.1 Å². The second-order valence-electron chi connectivity index (χ2n) is 5.70. The Hall–Kier alpha value is -1.13. The first-order valence-corrected chi connectivity index (χ1v) is 6.98. The lowest BCUT2D eigenvalue weighted by molar-refractivity contribution is -0.00783. The second kappa shape index (κ2) is 5.88. The molecule has 0 aliphatic carbocycles. The molecule has 4 heteroatoms. The van der Waals surface area contributed by atoms with Crippen LogP contribution < -0.4 is 5.73 Å². The molecule has 0 spiro atoms. The smallest absolute Gasteiger partial charge is 0.0724 e. The number of hydrogen-bond acceptors (Lipinski definition) is 4. The lowest BCUT2D eigenvalue weighted by atomic mass is 9.95. The van der Waals surface area contributed by atoms with Crippen LogP contribution in [0.15, 0.2) is 6.20 Å². The fraction of sp³-hybridized carbons (Fsp3) is 0.667. The molecule has 4 nitrogen and oxygen atoms in total. The first kappa shape index (κ1) is 14.3. The topological polar surface area (TPSA) is 51.4 Å². The van der Waals surface area contributed by atoms with Crippen molar-refractivity contribution in [3.05, 3.63) is 23.0 Å². The van der Waals surface area contributed by atoms with Gasteiger partial charge in [-0.3, -0.25) is 9.88 Å². The van der Waals surface area contributed by atoms with Gasteiger partial charge in [-0.15, -0.1) is 0 Å². The van der Waals surface area contributed by atoms with Crippen molar-refractivity contribution in [3.63, 3.8) is 0 Å². The van der Waals surface area contributed by atoms with Gasteiger partial charge in [-0.2, -0.15) is 0 Å². The van der Waals surface area contributed by atoms with Crippen molar-refractivity contribution in [3.8, 4) is 0 Å². The zero-order valence-corrected chi connectivity index (χ0v) is 12.4. The number of aromatic nitrogens is 1. The van der Waals surface area contributed by atoms with Crippen molar-refractivity contribution in [1.82, 2.24) is 9.88 Å². The third-order valence-electron chi connectivity index (χ3n) is 4.33. The van der Waals surface area contributed by atoms with Crippen molar-refractivity contribution in [2.24, 2.45) is 5.92 Å². The summed E-state index contributed by atoms with van der Waals surface area (Å²) in [6.45, 7) is 9.28. The molecule has 1 aromatic rings. The van der Waals surface area contributed by atoms with Crippen LogP contribution in [-0.2, 0) is 11.3 Å². The summed E-state index contributed by atoms with van der Waals surface area (Å²) >= 11 is 0. The highest BCUT2D eigenvalue weighted by Gasteiger charge is 2.26. The Kier molecular flexibility index (Phi) is 4.42. The molecule has 1 aromatic heterocycles. The van der Waals surface area contributed by atoms with Crippen LogP contribution in [-0.4, -0.2) is 36.2 Å². The van der Waals surface area contributed by atoms with Crippen LogP contribution in [0.4, 0.5) is 5.69 Å². The SMILES string of the molecule is COC1CN(Cc2ncc(C)c(N)c2C)CCC1C. The number of nitrogen functional groups attached to an aromatic ring is 1. The van der Waals surface area contributed by atoms with Gasteiger partial charge in [-0.25, -0.2) is 0 Å². The maximum Gasteiger partial charge on any atom is 0.0724 e. The molecule has 1 aliphatic heterocycles. The summed E-state index contributed by atoms with van der Waals surface area (Å²) < 4.78 is 5.56. The van der Waals surface area contributed by atoms with E-state index in [1.165, 1.54) is 6.42 Å². The number of nitrogens with two attached hydrogens (primary N) is 1. The Morgan fingerprint density at radius 1 is 1.47 bits per heavy atom. The minimum absolute atomic E-state index is 0.330. The van der Waals surface area contributed by atoms with Crippen LogP contribution in [0, 0.1) is 19.8 Å².